The minimum atomic E-state index is -0.380. The highest BCUT2D eigenvalue weighted by Crippen LogP contribution is 2.22. The monoisotopic (exact) mass is 298 g/mol. The van der Waals surface area contributed by atoms with Gasteiger partial charge in [-0.25, -0.2) is 0 Å². The van der Waals surface area contributed by atoms with Crippen molar-refractivity contribution in [3.05, 3.63) is 28.7 Å². The third kappa shape index (κ3) is 4.35. The summed E-state index contributed by atoms with van der Waals surface area (Å²) in [5.41, 5.74) is 0.880. The van der Waals surface area contributed by atoms with Gasteiger partial charge < -0.3 is 14.8 Å². The van der Waals surface area contributed by atoms with E-state index in [0.717, 1.165) is 10.2 Å². The number of methoxy groups -OCH3 is 2. The molecule has 0 saturated heterocycles. The van der Waals surface area contributed by atoms with Gasteiger partial charge in [0.05, 0.1) is 6.07 Å². The maximum absolute atomic E-state index is 9.08. The third-order valence-electron chi connectivity index (χ3n) is 2.31. The van der Waals surface area contributed by atoms with Crippen molar-refractivity contribution in [1.29, 1.82) is 5.26 Å². The Labute approximate surface area is 110 Å². The number of anilines is 1. The Morgan fingerprint density at radius 2 is 2.00 bits per heavy atom. The van der Waals surface area contributed by atoms with Crippen LogP contribution in [-0.4, -0.2) is 26.6 Å². The van der Waals surface area contributed by atoms with E-state index >= 15 is 0 Å². The lowest BCUT2D eigenvalue weighted by molar-refractivity contribution is -0.106. The third-order valence-corrected chi connectivity index (χ3v) is 3.00. The lowest BCUT2D eigenvalue weighted by Crippen LogP contribution is -2.26. The molecule has 1 rings (SSSR count). The topological polar surface area (TPSA) is 54.3 Å². The lowest BCUT2D eigenvalue weighted by Gasteiger charge is -2.19. The summed E-state index contributed by atoms with van der Waals surface area (Å²) in [6, 6.07) is 9.47. The summed E-state index contributed by atoms with van der Waals surface area (Å²) >= 11 is 3.42. The van der Waals surface area contributed by atoms with Gasteiger partial charge in [0.2, 0.25) is 0 Å². The Morgan fingerprint density at radius 3 is 2.53 bits per heavy atom. The predicted molar refractivity (Wildman–Crippen MR) is 69.6 cm³/mol. The highest BCUT2D eigenvalue weighted by Gasteiger charge is 2.15. The van der Waals surface area contributed by atoms with Crippen molar-refractivity contribution in [1.82, 2.24) is 0 Å². The second kappa shape index (κ2) is 7.28. The maximum Gasteiger partial charge on any atom is 0.159 e. The van der Waals surface area contributed by atoms with Gasteiger partial charge in [-0.2, -0.15) is 5.26 Å². The molecule has 0 radical (unpaired) electrons. The molecular formula is C12H15BrN2O2. The Balaban J connectivity index is 2.65. The second-order valence-corrected chi connectivity index (χ2v) is 4.30. The number of ether oxygens (including phenoxy) is 2. The summed E-state index contributed by atoms with van der Waals surface area (Å²) in [5, 5.41) is 12.2. The average Bonchev–Trinajstić information content (AvgIpc) is 2.36. The van der Waals surface area contributed by atoms with Crippen LogP contribution in [0, 0.1) is 11.3 Å². The lowest BCUT2D eigenvalue weighted by atomic mass is 10.2. The summed E-state index contributed by atoms with van der Waals surface area (Å²) in [7, 11) is 3.11. The number of nitrogens with one attached hydrogen (secondary N) is 1. The first-order chi connectivity index (χ1) is 8.21. The molecular weight excluding hydrogens is 284 g/mol. The molecule has 0 fully saturated rings. The van der Waals surface area contributed by atoms with Crippen molar-refractivity contribution in [2.24, 2.45) is 0 Å². The van der Waals surface area contributed by atoms with E-state index < -0.39 is 0 Å². The standard InChI is InChI=1S/C12H15BrN2O2/c1-16-12(17-2)7-9(8-14)15-11-6-4-3-5-10(11)13/h3-6,9,12,15H,7H2,1-2H3. The fourth-order valence-electron chi connectivity index (χ4n) is 1.39. The number of para-hydroxylation sites is 1. The normalized spacial score (nSPS) is 12.2. The van der Waals surface area contributed by atoms with Crippen LogP contribution in [0.3, 0.4) is 0 Å². The molecule has 0 bridgehead atoms. The molecule has 0 aliphatic rings. The molecule has 4 nitrogen and oxygen atoms in total. The van der Waals surface area contributed by atoms with Crippen molar-refractivity contribution in [3.63, 3.8) is 0 Å². The van der Waals surface area contributed by atoms with Gasteiger partial charge in [-0.05, 0) is 28.1 Å². The molecule has 92 valence electrons. The number of nitrogens with zero attached hydrogens (tertiary/aromatic N) is 1. The molecule has 0 aromatic heterocycles. The maximum atomic E-state index is 9.08. The summed E-state index contributed by atoms with van der Waals surface area (Å²) < 4.78 is 11.1. The van der Waals surface area contributed by atoms with Crippen molar-refractivity contribution in [3.8, 4) is 6.07 Å². The molecule has 17 heavy (non-hydrogen) atoms. The van der Waals surface area contributed by atoms with E-state index in [0.29, 0.717) is 6.42 Å². The zero-order valence-corrected chi connectivity index (χ0v) is 11.4. The minimum absolute atomic E-state index is 0.362. The largest absolute Gasteiger partial charge is 0.369 e. The molecule has 0 aliphatic heterocycles. The number of hydrogen-bond donors (Lipinski definition) is 1. The quantitative estimate of drug-likeness (QED) is 0.821. The first-order valence-corrected chi connectivity index (χ1v) is 5.96. The van der Waals surface area contributed by atoms with Gasteiger partial charge in [-0.1, -0.05) is 12.1 Å². The molecule has 0 spiro atoms. The zero-order chi connectivity index (χ0) is 12.7. The van der Waals surface area contributed by atoms with E-state index in [1.807, 2.05) is 24.3 Å². The van der Waals surface area contributed by atoms with Crippen LogP contribution in [0.25, 0.3) is 0 Å². The first kappa shape index (κ1) is 14.0. The SMILES string of the molecule is COC(CC(C#N)Nc1ccccc1Br)OC. The van der Waals surface area contributed by atoms with E-state index in [1.165, 1.54) is 0 Å². The van der Waals surface area contributed by atoms with Crippen LogP contribution in [0.2, 0.25) is 0 Å². The van der Waals surface area contributed by atoms with E-state index in [4.69, 9.17) is 14.7 Å². The smallest absolute Gasteiger partial charge is 0.159 e. The van der Waals surface area contributed by atoms with Crippen LogP contribution in [0.1, 0.15) is 6.42 Å². The number of benzene rings is 1. The fraction of sp³-hybridized carbons (Fsp3) is 0.417. The fourth-order valence-corrected chi connectivity index (χ4v) is 1.79. The van der Waals surface area contributed by atoms with Gasteiger partial charge in [0.25, 0.3) is 0 Å². The molecule has 0 amide bonds. The Morgan fingerprint density at radius 1 is 1.35 bits per heavy atom. The molecule has 0 aliphatic carbocycles. The first-order valence-electron chi connectivity index (χ1n) is 5.17. The minimum Gasteiger partial charge on any atom is -0.369 e. The molecule has 0 saturated carbocycles. The van der Waals surface area contributed by atoms with Crippen LogP contribution < -0.4 is 5.32 Å². The van der Waals surface area contributed by atoms with Gasteiger partial charge in [0.1, 0.15) is 6.04 Å². The molecule has 1 atom stereocenters. The van der Waals surface area contributed by atoms with Crippen molar-refractivity contribution in [2.75, 3.05) is 19.5 Å². The molecule has 1 N–H and O–H groups in total. The summed E-state index contributed by atoms with van der Waals surface area (Å²) in [5.74, 6) is 0. The van der Waals surface area contributed by atoms with Crippen LogP contribution >= 0.6 is 15.9 Å². The predicted octanol–water partition coefficient (Wildman–Crippen LogP) is 2.76. The number of halogens is 1. The zero-order valence-electron chi connectivity index (χ0n) is 9.81. The van der Waals surface area contributed by atoms with Crippen molar-refractivity contribution < 1.29 is 9.47 Å². The van der Waals surface area contributed by atoms with Crippen LogP contribution in [-0.2, 0) is 9.47 Å². The Bertz CT molecular complexity index is 388. The highest BCUT2D eigenvalue weighted by molar-refractivity contribution is 9.10. The summed E-state index contributed by atoms with van der Waals surface area (Å²) in [6.07, 6.45) is 0.0832. The van der Waals surface area contributed by atoms with Gasteiger partial charge in [-0.3, -0.25) is 0 Å². The molecule has 1 aromatic rings. The van der Waals surface area contributed by atoms with Gasteiger partial charge >= 0.3 is 0 Å². The summed E-state index contributed by atoms with van der Waals surface area (Å²) in [4.78, 5) is 0. The highest BCUT2D eigenvalue weighted by atomic mass is 79.9. The molecule has 1 aromatic carbocycles. The number of rotatable bonds is 6. The van der Waals surface area contributed by atoms with Crippen LogP contribution in [0.5, 0.6) is 0 Å². The molecule has 1 unspecified atom stereocenters. The van der Waals surface area contributed by atoms with E-state index in [2.05, 4.69) is 27.3 Å². The average molecular weight is 299 g/mol. The Kier molecular flexibility index (Phi) is 5.98. The van der Waals surface area contributed by atoms with Gasteiger partial charge in [0, 0.05) is 30.8 Å². The number of nitriles is 1. The van der Waals surface area contributed by atoms with Crippen molar-refractivity contribution in [2.45, 2.75) is 18.8 Å². The van der Waals surface area contributed by atoms with E-state index in [9.17, 15) is 0 Å². The Hall–Kier alpha value is -1.09. The molecule has 5 heteroatoms. The van der Waals surface area contributed by atoms with Crippen molar-refractivity contribution >= 4 is 21.6 Å². The number of hydrogen-bond acceptors (Lipinski definition) is 4. The second-order valence-electron chi connectivity index (χ2n) is 3.44. The van der Waals surface area contributed by atoms with Crippen LogP contribution in [0.15, 0.2) is 28.7 Å². The van der Waals surface area contributed by atoms with E-state index in [-0.39, 0.29) is 12.3 Å². The van der Waals surface area contributed by atoms with Crippen LogP contribution in [0.4, 0.5) is 5.69 Å². The van der Waals surface area contributed by atoms with E-state index in [1.54, 1.807) is 14.2 Å². The molecule has 0 heterocycles. The van der Waals surface area contributed by atoms with Gasteiger partial charge in [0.15, 0.2) is 6.29 Å². The van der Waals surface area contributed by atoms with Gasteiger partial charge in [-0.15, -0.1) is 0 Å². The summed E-state index contributed by atoms with van der Waals surface area (Å²) in [6.45, 7) is 0.